The number of rotatable bonds is 30. The van der Waals surface area contributed by atoms with E-state index in [0.717, 1.165) is 58.5 Å². The third-order valence-electron chi connectivity index (χ3n) is 8.78. The second-order valence-corrected chi connectivity index (χ2v) is 13.0. The number of ether oxygens (including phenoxy) is 5. The van der Waals surface area contributed by atoms with E-state index >= 15 is 0 Å². The number of allylic oxidation sites excluding steroid dienone is 1. The van der Waals surface area contributed by atoms with Crippen molar-refractivity contribution in [3.63, 3.8) is 0 Å². The molecule has 0 bridgehead atoms. The smallest absolute Gasteiger partial charge is 0.344 e. The van der Waals surface area contributed by atoms with Crippen molar-refractivity contribution in [2.75, 3.05) is 41.2 Å². The maximum Gasteiger partial charge on any atom is 0.344 e. The van der Waals surface area contributed by atoms with Gasteiger partial charge in [-0.15, -0.1) is 0 Å². The summed E-state index contributed by atoms with van der Waals surface area (Å²) in [7, 11) is 3.70. The molecule has 0 aliphatic carbocycles. The Morgan fingerprint density at radius 2 is 1.44 bits per heavy atom. The Labute approximate surface area is 310 Å². The lowest BCUT2D eigenvalue weighted by Gasteiger charge is -2.32. The lowest BCUT2D eigenvalue weighted by Crippen LogP contribution is -2.55. The van der Waals surface area contributed by atoms with Gasteiger partial charge in [-0.25, -0.2) is 14.4 Å². The molecular formula is C40H63NO11. The highest BCUT2D eigenvalue weighted by Gasteiger charge is 2.48. The van der Waals surface area contributed by atoms with Crippen molar-refractivity contribution in [3.05, 3.63) is 42.0 Å². The number of benzene rings is 1. The molecule has 12 heteroatoms. The van der Waals surface area contributed by atoms with Crippen molar-refractivity contribution in [2.24, 2.45) is 5.92 Å². The lowest BCUT2D eigenvalue weighted by molar-refractivity contribution is -0.179. The van der Waals surface area contributed by atoms with Crippen molar-refractivity contribution in [1.29, 1.82) is 0 Å². The Hall–Kier alpha value is -3.77. The molecule has 0 unspecified atom stereocenters. The van der Waals surface area contributed by atoms with Gasteiger partial charge in [-0.1, -0.05) is 83.1 Å². The van der Waals surface area contributed by atoms with Crippen LogP contribution in [0.4, 0.5) is 0 Å². The molecule has 52 heavy (non-hydrogen) atoms. The lowest BCUT2D eigenvalue weighted by atomic mass is 9.82. The van der Waals surface area contributed by atoms with Crippen molar-refractivity contribution in [1.82, 2.24) is 5.32 Å². The zero-order valence-corrected chi connectivity index (χ0v) is 32.1. The van der Waals surface area contributed by atoms with Gasteiger partial charge in [0, 0.05) is 39.4 Å². The molecule has 294 valence electrons. The molecule has 1 aromatic carbocycles. The van der Waals surface area contributed by atoms with E-state index in [1.54, 1.807) is 30.3 Å². The number of carbonyl (C=O) groups is 5. The summed E-state index contributed by atoms with van der Waals surface area (Å²) in [5.41, 5.74) is -1.74. The standard InChI is InChI=1S/C40H63NO11/c1-6-8-10-13-16-19-32(42)20-17-14-11-12-15-18-21-34(40(47,26-28-48-3)39(46)52-30-36(43)49-4)37(44)41-35(38(45)50-5)29-31-22-24-33(25-23-31)51-27-9-7-2/h18,21-25,34-35,47H,6-17,19-20,26-30H2,1-5H3,(H,41,44)/b21-18+/t34-,35+,40+/m1/s1. The highest BCUT2D eigenvalue weighted by molar-refractivity contribution is 5.94. The third kappa shape index (κ3) is 18.6. The first-order chi connectivity index (χ1) is 25.1. The van der Waals surface area contributed by atoms with Crippen LogP contribution in [-0.2, 0) is 49.3 Å². The molecule has 0 aliphatic rings. The van der Waals surface area contributed by atoms with Gasteiger partial charge in [0.1, 0.15) is 17.6 Å². The fourth-order valence-electron chi connectivity index (χ4n) is 5.52. The molecule has 2 N–H and O–H groups in total. The van der Waals surface area contributed by atoms with Crippen LogP contribution in [0.2, 0.25) is 0 Å². The number of ketones is 1. The molecule has 3 atom stereocenters. The summed E-state index contributed by atoms with van der Waals surface area (Å²) >= 11 is 0. The molecule has 1 rings (SSSR count). The summed E-state index contributed by atoms with van der Waals surface area (Å²) in [6, 6.07) is 5.97. The van der Waals surface area contributed by atoms with Crippen LogP contribution in [0.1, 0.15) is 116 Å². The molecule has 12 nitrogen and oxygen atoms in total. The quantitative estimate of drug-likeness (QED) is 0.0413. The summed E-state index contributed by atoms with van der Waals surface area (Å²) in [6.45, 7) is 3.93. The number of hydrogen-bond donors (Lipinski definition) is 2. The van der Waals surface area contributed by atoms with Crippen LogP contribution in [0.25, 0.3) is 0 Å². The van der Waals surface area contributed by atoms with Crippen molar-refractivity contribution < 1.29 is 52.8 Å². The van der Waals surface area contributed by atoms with Crippen LogP contribution in [0.15, 0.2) is 36.4 Å². The largest absolute Gasteiger partial charge is 0.494 e. The van der Waals surface area contributed by atoms with Gasteiger partial charge in [-0.05, 0) is 49.8 Å². The Kier molecular flexibility index (Phi) is 24.7. The average Bonchev–Trinajstić information content (AvgIpc) is 3.15. The number of unbranched alkanes of at least 4 members (excludes halogenated alkanes) is 9. The predicted octanol–water partition coefficient (Wildman–Crippen LogP) is 5.99. The SMILES string of the molecule is CCCCCCCC(=O)CCCCCC/C=C/[C@H](C(=O)N[C@@H](Cc1ccc(OCCCC)cc1)C(=O)OC)[C@@](O)(CCOC)C(=O)OCC(=O)OC. The van der Waals surface area contributed by atoms with E-state index < -0.39 is 48.0 Å². The molecule has 1 amide bonds. The Balaban J connectivity index is 3.08. The molecular weight excluding hydrogens is 670 g/mol. The third-order valence-corrected chi connectivity index (χ3v) is 8.78. The summed E-state index contributed by atoms with van der Waals surface area (Å²) in [5.74, 6) is -4.15. The number of amides is 1. The fourth-order valence-corrected chi connectivity index (χ4v) is 5.52. The maximum atomic E-state index is 13.9. The van der Waals surface area contributed by atoms with E-state index in [1.165, 1.54) is 39.6 Å². The Morgan fingerprint density at radius 3 is 2.04 bits per heavy atom. The first-order valence-electron chi connectivity index (χ1n) is 18.8. The molecule has 0 spiro atoms. The van der Waals surface area contributed by atoms with Crippen LogP contribution in [0, 0.1) is 5.92 Å². The van der Waals surface area contributed by atoms with Crippen LogP contribution in [-0.4, -0.2) is 87.5 Å². The minimum atomic E-state index is -2.46. The minimum absolute atomic E-state index is 0.0642. The first-order valence-corrected chi connectivity index (χ1v) is 18.8. The molecule has 0 heterocycles. The zero-order chi connectivity index (χ0) is 38.6. The second kappa shape index (κ2) is 27.8. The molecule has 0 aromatic heterocycles. The van der Waals surface area contributed by atoms with E-state index in [-0.39, 0.29) is 19.4 Å². The van der Waals surface area contributed by atoms with E-state index in [1.807, 2.05) is 0 Å². The first kappa shape index (κ1) is 46.3. The van der Waals surface area contributed by atoms with Gasteiger partial charge >= 0.3 is 17.9 Å². The molecule has 0 radical (unpaired) electrons. The minimum Gasteiger partial charge on any atom is -0.494 e. The van der Waals surface area contributed by atoms with Crippen LogP contribution in [0.5, 0.6) is 5.75 Å². The van der Waals surface area contributed by atoms with E-state index in [0.29, 0.717) is 43.0 Å². The van der Waals surface area contributed by atoms with Gasteiger partial charge in [0.05, 0.1) is 26.7 Å². The Morgan fingerprint density at radius 1 is 0.808 bits per heavy atom. The van der Waals surface area contributed by atoms with Gasteiger partial charge in [0.2, 0.25) is 5.91 Å². The number of hydrogen-bond acceptors (Lipinski definition) is 11. The van der Waals surface area contributed by atoms with Gasteiger partial charge in [-0.3, -0.25) is 9.59 Å². The summed E-state index contributed by atoms with van der Waals surface area (Å²) in [4.78, 5) is 64.1. The van der Waals surface area contributed by atoms with E-state index in [9.17, 15) is 29.1 Å². The maximum absolute atomic E-state index is 13.9. The number of Topliss-reactive ketones (excluding diaryl/α,β-unsaturated/α-hetero) is 1. The number of esters is 3. The van der Waals surface area contributed by atoms with E-state index in [4.69, 9.17) is 18.9 Å². The molecule has 0 saturated carbocycles. The number of nitrogens with one attached hydrogen (secondary N) is 1. The van der Waals surface area contributed by atoms with E-state index in [2.05, 4.69) is 23.9 Å². The number of carbonyl (C=O) groups excluding carboxylic acids is 5. The molecule has 0 fully saturated rings. The summed E-state index contributed by atoms with van der Waals surface area (Å²) in [6.07, 6.45) is 15.4. The Bertz CT molecular complexity index is 1220. The number of aliphatic hydroxyl groups is 1. The second-order valence-electron chi connectivity index (χ2n) is 13.0. The molecule has 0 aliphatic heterocycles. The zero-order valence-electron chi connectivity index (χ0n) is 32.1. The topological polar surface area (TPSA) is 164 Å². The number of methoxy groups -OCH3 is 3. The highest BCUT2D eigenvalue weighted by atomic mass is 16.6. The monoisotopic (exact) mass is 733 g/mol. The van der Waals surface area contributed by atoms with Crippen LogP contribution >= 0.6 is 0 Å². The van der Waals surface area contributed by atoms with Gasteiger partial charge in [0.15, 0.2) is 12.2 Å². The van der Waals surface area contributed by atoms with Crippen molar-refractivity contribution in [3.8, 4) is 5.75 Å². The van der Waals surface area contributed by atoms with Crippen molar-refractivity contribution in [2.45, 2.75) is 128 Å². The predicted molar refractivity (Wildman–Crippen MR) is 198 cm³/mol. The van der Waals surface area contributed by atoms with Gasteiger partial charge in [0.25, 0.3) is 0 Å². The van der Waals surface area contributed by atoms with Crippen LogP contribution < -0.4 is 10.1 Å². The fraction of sp³-hybridized carbons (Fsp3) is 0.675. The van der Waals surface area contributed by atoms with Gasteiger partial charge in [-0.2, -0.15) is 0 Å². The highest BCUT2D eigenvalue weighted by Crippen LogP contribution is 2.27. The molecule has 1 aromatic rings. The summed E-state index contributed by atoms with van der Waals surface area (Å²) in [5, 5.41) is 14.5. The normalized spacial score (nSPS) is 13.5. The molecule has 0 saturated heterocycles. The van der Waals surface area contributed by atoms with Crippen LogP contribution in [0.3, 0.4) is 0 Å². The summed E-state index contributed by atoms with van der Waals surface area (Å²) < 4.78 is 25.5. The average molecular weight is 734 g/mol. The van der Waals surface area contributed by atoms with Crippen molar-refractivity contribution >= 4 is 29.6 Å². The van der Waals surface area contributed by atoms with Gasteiger partial charge < -0.3 is 34.1 Å².